The van der Waals surface area contributed by atoms with Crippen molar-refractivity contribution in [2.45, 2.75) is 70.8 Å². The fourth-order valence-corrected chi connectivity index (χ4v) is 3.88. The summed E-state index contributed by atoms with van der Waals surface area (Å²) in [6.45, 7) is 4.50. The van der Waals surface area contributed by atoms with Gasteiger partial charge in [0.2, 0.25) is 0 Å². The molecule has 35 heavy (non-hydrogen) atoms. The molecule has 0 heterocycles. The Morgan fingerprint density at radius 2 is 1.40 bits per heavy atom. The Morgan fingerprint density at radius 1 is 0.800 bits per heavy atom. The van der Waals surface area contributed by atoms with Gasteiger partial charge < -0.3 is 4.74 Å². The van der Waals surface area contributed by atoms with Gasteiger partial charge in [-0.2, -0.15) is 0 Å². The van der Waals surface area contributed by atoms with Gasteiger partial charge in [-0.05, 0) is 80.0 Å². The largest absolute Gasteiger partial charge is 0.444 e. The number of rotatable bonds is 17. The molecule has 0 bridgehead atoms. The van der Waals surface area contributed by atoms with Crippen LogP contribution in [-0.4, -0.2) is 17.9 Å². The fraction of sp³-hybridized carbons (Fsp3) is 0.400. The van der Waals surface area contributed by atoms with Gasteiger partial charge in [-0.1, -0.05) is 74.2 Å². The van der Waals surface area contributed by atoms with E-state index in [4.69, 9.17) is 16.3 Å². The van der Waals surface area contributed by atoms with Gasteiger partial charge in [-0.3, -0.25) is 9.69 Å². The molecule has 2 aromatic carbocycles. The fourth-order valence-electron chi connectivity index (χ4n) is 3.76. The molecule has 1 amide bonds. The Bertz CT molecular complexity index is 909. The van der Waals surface area contributed by atoms with E-state index in [-0.39, 0.29) is 6.61 Å². The second-order valence-electron chi connectivity index (χ2n) is 8.61. The van der Waals surface area contributed by atoms with Crippen molar-refractivity contribution in [1.29, 1.82) is 0 Å². The first kappa shape index (κ1) is 28.4. The van der Waals surface area contributed by atoms with Gasteiger partial charge >= 0.3 is 6.09 Å². The minimum absolute atomic E-state index is 0.211. The molecule has 0 saturated heterocycles. The van der Waals surface area contributed by atoms with Crippen LogP contribution in [0.2, 0.25) is 0 Å². The lowest BCUT2D eigenvalue weighted by molar-refractivity contribution is 0.108. The summed E-state index contributed by atoms with van der Waals surface area (Å²) in [5.74, 6) is 0. The van der Waals surface area contributed by atoms with Crippen LogP contribution < -0.4 is 4.90 Å². The number of nitrogens with zero attached hydrogens (tertiary/aromatic N) is 1. The number of amides is 1. The molecular weight excluding hydrogens is 458 g/mol. The molecule has 0 radical (unpaired) electrons. The third-order valence-corrected chi connectivity index (χ3v) is 6.00. The lowest BCUT2D eigenvalue weighted by Gasteiger charge is -2.22. The minimum atomic E-state index is -0.521. The first-order valence-corrected chi connectivity index (χ1v) is 13.0. The van der Waals surface area contributed by atoms with Gasteiger partial charge in [0.05, 0.1) is 0 Å². The third kappa shape index (κ3) is 11.9. The number of allylic oxidation sites excluding steroid dienone is 3. The van der Waals surface area contributed by atoms with Crippen LogP contribution in [-0.2, 0) is 11.3 Å². The molecule has 4 nitrogen and oxygen atoms in total. The molecule has 0 atom stereocenters. The summed E-state index contributed by atoms with van der Waals surface area (Å²) in [5, 5.41) is -0.521. The standard InChI is InChI=1S/C30H38ClNO3/c1-2-3-4-5-6-7-8-9-10-11-12-13-17-24-32(28-22-20-27(21-23-28)29(31)33)30(34)35-25-26-18-15-14-16-19-26/h2,11-12,14-16,18-23H,1,3-10,13,17,24-25H2. The van der Waals surface area contributed by atoms with Gasteiger partial charge in [0.1, 0.15) is 6.61 Å². The highest BCUT2D eigenvalue weighted by Crippen LogP contribution is 2.19. The highest BCUT2D eigenvalue weighted by Gasteiger charge is 2.17. The van der Waals surface area contributed by atoms with Crippen LogP contribution in [0.1, 0.15) is 80.1 Å². The van der Waals surface area contributed by atoms with E-state index in [0.717, 1.165) is 31.2 Å². The Morgan fingerprint density at radius 3 is 2.03 bits per heavy atom. The van der Waals surface area contributed by atoms with Crippen LogP contribution >= 0.6 is 11.6 Å². The zero-order valence-corrected chi connectivity index (χ0v) is 21.4. The SMILES string of the molecule is C=CCCCCCCCCC=CCCCN(C(=O)OCc1ccccc1)c1ccc(C(=O)Cl)cc1. The molecule has 0 saturated carbocycles. The molecule has 2 aromatic rings. The summed E-state index contributed by atoms with van der Waals surface area (Å²) in [7, 11) is 0. The number of benzene rings is 2. The number of hydrogen-bond donors (Lipinski definition) is 0. The van der Waals surface area contributed by atoms with E-state index >= 15 is 0 Å². The van der Waals surface area contributed by atoms with Crippen LogP contribution in [0.3, 0.4) is 0 Å². The molecule has 0 spiro atoms. The average molecular weight is 496 g/mol. The molecule has 0 aliphatic carbocycles. The Balaban J connectivity index is 1.78. The van der Waals surface area contributed by atoms with E-state index < -0.39 is 11.3 Å². The van der Waals surface area contributed by atoms with E-state index in [2.05, 4.69) is 18.7 Å². The number of carbonyl (C=O) groups is 2. The van der Waals surface area contributed by atoms with Gasteiger partial charge in [0, 0.05) is 17.8 Å². The molecule has 0 unspecified atom stereocenters. The number of ether oxygens (including phenoxy) is 1. The van der Waals surface area contributed by atoms with Crippen molar-refractivity contribution in [3.63, 3.8) is 0 Å². The van der Waals surface area contributed by atoms with Crippen molar-refractivity contribution >= 4 is 28.6 Å². The first-order chi connectivity index (χ1) is 17.1. The van der Waals surface area contributed by atoms with E-state index in [0.29, 0.717) is 17.8 Å². The Hall–Kier alpha value is -2.85. The smallest absolute Gasteiger partial charge is 0.414 e. The molecule has 0 N–H and O–H groups in total. The van der Waals surface area contributed by atoms with Crippen LogP contribution in [0, 0.1) is 0 Å². The van der Waals surface area contributed by atoms with Crippen molar-refractivity contribution in [2.75, 3.05) is 11.4 Å². The number of unbranched alkanes of at least 4 members (excludes halogenated alkanes) is 8. The van der Waals surface area contributed by atoms with Gasteiger partial charge in [0.15, 0.2) is 0 Å². The van der Waals surface area contributed by atoms with Gasteiger partial charge in [0.25, 0.3) is 5.24 Å². The summed E-state index contributed by atoms with van der Waals surface area (Å²) in [5.41, 5.74) is 2.01. The zero-order valence-electron chi connectivity index (χ0n) is 20.7. The molecule has 188 valence electrons. The molecular formula is C30H38ClNO3. The average Bonchev–Trinajstić information content (AvgIpc) is 2.88. The summed E-state index contributed by atoms with van der Waals surface area (Å²) < 4.78 is 5.56. The van der Waals surface area contributed by atoms with E-state index in [9.17, 15) is 9.59 Å². The lowest BCUT2D eigenvalue weighted by atomic mass is 10.1. The van der Waals surface area contributed by atoms with E-state index in [1.54, 1.807) is 29.2 Å². The summed E-state index contributed by atoms with van der Waals surface area (Å²) in [4.78, 5) is 25.9. The number of halogens is 1. The van der Waals surface area contributed by atoms with Crippen molar-refractivity contribution in [3.05, 3.63) is 90.5 Å². The minimum Gasteiger partial charge on any atom is -0.444 e. The van der Waals surface area contributed by atoms with Gasteiger partial charge in [-0.15, -0.1) is 6.58 Å². The van der Waals surface area contributed by atoms with Crippen LogP contribution in [0.4, 0.5) is 10.5 Å². The molecule has 5 heteroatoms. The lowest BCUT2D eigenvalue weighted by Crippen LogP contribution is -2.32. The predicted octanol–water partition coefficient (Wildman–Crippen LogP) is 8.85. The highest BCUT2D eigenvalue weighted by atomic mass is 35.5. The summed E-state index contributed by atoms with van der Waals surface area (Å²) >= 11 is 5.56. The molecule has 0 aliphatic rings. The number of carbonyl (C=O) groups excluding carboxylic acids is 2. The maximum absolute atomic E-state index is 12.9. The van der Waals surface area contributed by atoms with Crippen molar-refractivity contribution < 1.29 is 14.3 Å². The second-order valence-corrected chi connectivity index (χ2v) is 8.96. The van der Waals surface area contributed by atoms with Crippen LogP contribution in [0.25, 0.3) is 0 Å². The van der Waals surface area contributed by atoms with Crippen molar-refractivity contribution in [1.82, 2.24) is 0 Å². The van der Waals surface area contributed by atoms with Crippen LogP contribution in [0.5, 0.6) is 0 Å². The summed E-state index contributed by atoms with van der Waals surface area (Å²) in [6, 6.07) is 16.3. The molecule has 0 aliphatic heterocycles. The van der Waals surface area contributed by atoms with Crippen LogP contribution in [0.15, 0.2) is 79.4 Å². The monoisotopic (exact) mass is 495 g/mol. The third-order valence-electron chi connectivity index (χ3n) is 5.78. The van der Waals surface area contributed by atoms with E-state index in [1.807, 2.05) is 36.4 Å². The van der Waals surface area contributed by atoms with Crippen molar-refractivity contribution in [3.8, 4) is 0 Å². The topological polar surface area (TPSA) is 46.6 Å². The zero-order chi connectivity index (χ0) is 25.1. The highest BCUT2D eigenvalue weighted by molar-refractivity contribution is 6.67. The van der Waals surface area contributed by atoms with Gasteiger partial charge in [-0.25, -0.2) is 4.79 Å². The maximum Gasteiger partial charge on any atom is 0.414 e. The summed E-state index contributed by atoms with van der Waals surface area (Å²) in [6.07, 6.45) is 17.7. The predicted molar refractivity (Wildman–Crippen MR) is 146 cm³/mol. The maximum atomic E-state index is 12.9. The first-order valence-electron chi connectivity index (χ1n) is 12.7. The molecule has 0 fully saturated rings. The Kier molecular flexibility index (Phi) is 14.2. The number of hydrogen-bond acceptors (Lipinski definition) is 3. The van der Waals surface area contributed by atoms with Crippen molar-refractivity contribution in [2.24, 2.45) is 0 Å². The normalized spacial score (nSPS) is 10.9. The molecule has 2 rings (SSSR count). The Labute approximate surface area is 215 Å². The second kappa shape index (κ2) is 17.6. The van der Waals surface area contributed by atoms with E-state index in [1.165, 1.54) is 38.5 Å². The number of anilines is 1. The quantitative estimate of drug-likeness (QED) is 0.125. The molecule has 0 aromatic heterocycles.